The molecule has 0 unspecified atom stereocenters. The molecule has 0 amide bonds. The fourth-order valence-corrected chi connectivity index (χ4v) is 3.81. The summed E-state index contributed by atoms with van der Waals surface area (Å²) in [5.41, 5.74) is 3.29. The summed E-state index contributed by atoms with van der Waals surface area (Å²) in [4.78, 5) is 22.2. The van der Waals surface area contributed by atoms with Crippen molar-refractivity contribution in [3.8, 4) is 23.1 Å². The van der Waals surface area contributed by atoms with Crippen LogP contribution in [0.1, 0.15) is 34.3 Å². The van der Waals surface area contributed by atoms with Gasteiger partial charge in [0.1, 0.15) is 5.75 Å². The maximum atomic E-state index is 13.2. The number of para-hydroxylation sites is 1. The molecule has 3 heterocycles. The molecule has 156 valence electrons. The molecule has 6 heteroatoms. The highest BCUT2D eigenvalue weighted by Gasteiger charge is 2.24. The van der Waals surface area contributed by atoms with Crippen LogP contribution >= 0.6 is 0 Å². The lowest BCUT2D eigenvalue weighted by Gasteiger charge is -2.19. The zero-order valence-corrected chi connectivity index (χ0v) is 17.0. The van der Waals surface area contributed by atoms with E-state index in [1.54, 1.807) is 18.3 Å². The molecule has 31 heavy (non-hydrogen) atoms. The van der Waals surface area contributed by atoms with Crippen molar-refractivity contribution in [2.24, 2.45) is 4.99 Å². The average molecular weight is 414 g/mol. The van der Waals surface area contributed by atoms with E-state index in [0.717, 1.165) is 35.4 Å². The van der Waals surface area contributed by atoms with Crippen molar-refractivity contribution in [3.05, 3.63) is 77.5 Å². The Morgan fingerprint density at radius 2 is 1.81 bits per heavy atom. The van der Waals surface area contributed by atoms with Gasteiger partial charge in [0.25, 0.3) is 0 Å². The van der Waals surface area contributed by atoms with Crippen molar-refractivity contribution < 1.29 is 19.0 Å². The van der Waals surface area contributed by atoms with Gasteiger partial charge in [-0.2, -0.15) is 0 Å². The van der Waals surface area contributed by atoms with Crippen molar-refractivity contribution in [2.45, 2.75) is 19.3 Å². The van der Waals surface area contributed by atoms with Crippen molar-refractivity contribution in [1.82, 2.24) is 4.98 Å². The van der Waals surface area contributed by atoms with Crippen LogP contribution in [-0.2, 0) is 6.42 Å². The maximum absolute atomic E-state index is 13.2. The molecule has 0 saturated heterocycles. The SMILES string of the molecule is O=C(CC1=NCCc2cc3c(cc21)OCCCO3)c1cccnc1Oc1ccccc1. The van der Waals surface area contributed by atoms with Gasteiger partial charge in [-0.25, -0.2) is 4.98 Å². The molecule has 0 fully saturated rings. The molecule has 2 aromatic carbocycles. The van der Waals surface area contributed by atoms with Gasteiger partial charge in [-0.05, 0) is 48.4 Å². The highest BCUT2D eigenvalue weighted by Crippen LogP contribution is 2.35. The number of aromatic nitrogens is 1. The number of hydrogen-bond acceptors (Lipinski definition) is 6. The van der Waals surface area contributed by atoms with E-state index < -0.39 is 0 Å². The summed E-state index contributed by atoms with van der Waals surface area (Å²) in [7, 11) is 0. The van der Waals surface area contributed by atoms with Crippen molar-refractivity contribution in [3.63, 3.8) is 0 Å². The number of carbonyl (C=O) groups is 1. The summed E-state index contributed by atoms with van der Waals surface area (Å²) in [6.45, 7) is 1.92. The first-order valence-corrected chi connectivity index (χ1v) is 10.5. The zero-order valence-electron chi connectivity index (χ0n) is 17.0. The summed E-state index contributed by atoms with van der Waals surface area (Å²) >= 11 is 0. The topological polar surface area (TPSA) is 70.0 Å². The number of hydrogen-bond donors (Lipinski definition) is 0. The summed E-state index contributed by atoms with van der Waals surface area (Å²) in [6, 6.07) is 16.8. The monoisotopic (exact) mass is 414 g/mol. The van der Waals surface area contributed by atoms with E-state index in [1.807, 2.05) is 42.5 Å². The molecule has 0 atom stereocenters. The number of ketones is 1. The Morgan fingerprint density at radius 1 is 1.00 bits per heavy atom. The zero-order chi connectivity index (χ0) is 21.0. The lowest BCUT2D eigenvalue weighted by atomic mass is 9.93. The van der Waals surface area contributed by atoms with Crippen LogP contribution in [0.15, 0.2) is 65.8 Å². The first-order valence-electron chi connectivity index (χ1n) is 10.5. The first kappa shape index (κ1) is 19.3. The number of Topliss-reactive ketones (excluding diaryl/α,β-unsaturated/α-hetero) is 1. The fourth-order valence-electron chi connectivity index (χ4n) is 3.81. The molecule has 2 aliphatic heterocycles. The molecule has 0 spiro atoms. The van der Waals surface area contributed by atoms with E-state index in [0.29, 0.717) is 42.7 Å². The lowest BCUT2D eigenvalue weighted by molar-refractivity contribution is 0.0998. The second-order valence-electron chi connectivity index (χ2n) is 7.46. The van der Waals surface area contributed by atoms with E-state index in [-0.39, 0.29) is 12.2 Å². The van der Waals surface area contributed by atoms with Crippen LogP contribution in [0.2, 0.25) is 0 Å². The Bertz CT molecular complexity index is 1140. The summed E-state index contributed by atoms with van der Waals surface area (Å²) < 4.78 is 17.5. The Kier molecular flexibility index (Phi) is 5.35. The lowest BCUT2D eigenvalue weighted by Crippen LogP contribution is -2.18. The van der Waals surface area contributed by atoms with E-state index in [2.05, 4.69) is 9.98 Å². The third-order valence-electron chi connectivity index (χ3n) is 5.33. The van der Waals surface area contributed by atoms with Gasteiger partial charge in [-0.3, -0.25) is 9.79 Å². The molecule has 0 aliphatic carbocycles. The van der Waals surface area contributed by atoms with Crippen LogP contribution in [0.25, 0.3) is 0 Å². The van der Waals surface area contributed by atoms with Crippen molar-refractivity contribution >= 4 is 11.5 Å². The molecule has 0 radical (unpaired) electrons. The molecule has 6 nitrogen and oxygen atoms in total. The van der Waals surface area contributed by atoms with Crippen LogP contribution in [0, 0.1) is 0 Å². The Labute approximate surface area is 180 Å². The minimum absolute atomic E-state index is 0.0854. The maximum Gasteiger partial charge on any atom is 0.230 e. The number of pyridine rings is 1. The van der Waals surface area contributed by atoms with Gasteiger partial charge < -0.3 is 14.2 Å². The van der Waals surface area contributed by atoms with Crippen molar-refractivity contribution in [2.75, 3.05) is 19.8 Å². The summed E-state index contributed by atoms with van der Waals surface area (Å²) in [6.07, 6.45) is 3.46. The minimum atomic E-state index is -0.0854. The number of aliphatic imine (C=N–C) groups is 1. The van der Waals surface area contributed by atoms with Gasteiger partial charge >= 0.3 is 0 Å². The molecule has 0 N–H and O–H groups in total. The number of fused-ring (bicyclic) bond motifs is 2. The van der Waals surface area contributed by atoms with Crippen molar-refractivity contribution in [1.29, 1.82) is 0 Å². The number of ether oxygens (including phenoxy) is 3. The molecule has 5 rings (SSSR count). The Hall–Kier alpha value is -3.67. The van der Waals surface area contributed by atoms with E-state index in [1.165, 1.54) is 0 Å². The Balaban J connectivity index is 1.41. The molecular weight excluding hydrogens is 392 g/mol. The van der Waals surface area contributed by atoms with Gasteiger partial charge in [0.2, 0.25) is 5.88 Å². The number of benzene rings is 2. The van der Waals surface area contributed by atoms with E-state index in [9.17, 15) is 4.79 Å². The summed E-state index contributed by atoms with van der Waals surface area (Å²) in [5.74, 6) is 2.34. The van der Waals surface area contributed by atoms with Crippen LogP contribution in [0.5, 0.6) is 23.1 Å². The van der Waals surface area contributed by atoms with Gasteiger partial charge in [-0.1, -0.05) is 18.2 Å². The molecule has 0 saturated carbocycles. The normalized spacial score (nSPS) is 14.8. The van der Waals surface area contributed by atoms with E-state index >= 15 is 0 Å². The molecule has 0 bridgehead atoms. The third kappa shape index (κ3) is 4.14. The third-order valence-corrected chi connectivity index (χ3v) is 5.33. The minimum Gasteiger partial charge on any atom is -0.490 e. The predicted octanol–water partition coefficient (Wildman–Crippen LogP) is 4.65. The van der Waals surface area contributed by atoms with Gasteiger partial charge in [0.15, 0.2) is 17.3 Å². The van der Waals surface area contributed by atoms with Gasteiger partial charge in [-0.15, -0.1) is 0 Å². The molecule has 1 aromatic heterocycles. The average Bonchev–Trinajstić information content (AvgIpc) is 3.04. The second kappa shape index (κ2) is 8.60. The fraction of sp³-hybridized carbons (Fsp3) is 0.240. The number of carbonyl (C=O) groups excluding carboxylic acids is 1. The van der Waals surface area contributed by atoms with Crippen LogP contribution in [-0.4, -0.2) is 36.2 Å². The predicted molar refractivity (Wildman–Crippen MR) is 117 cm³/mol. The smallest absolute Gasteiger partial charge is 0.230 e. The quantitative estimate of drug-likeness (QED) is 0.568. The first-order chi connectivity index (χ1) is 15.3. The number of rotatable bonds is 5. The summed E-state index contributed by atoms with van der Waals surface area (Å²) in [5, 5.41) is 0. The van der Waals surface area contributed by atoms with Crippen LogP contribution < -0.4 is 14.2 Å². The van der Waals surface area contributed by atoms with Gasteiger partial charge in [0.05, 0.1) is 30.9 Å². The van der Waals surface area contributed by atoms with Crippen LogP contribution in [0.4, 0.5) is 0 Å². The van der Waals surface area contributed by atoms with Gasteiger partial charge in [0, 0.05) is 24.7 Å². The highest BCUT2D eigenvalue weighted by molar-refractivity contribution is 6.17. The molecule has 2 aliphatic rings. The molecule has 3 aromatic rings. The largest absolute Gasteiger partial charge is 0.490 e. The highest BCUT2D eigenvalue weighted by atomic mass is 16.5. The number of nitrogens with zero attached hydrogens (tertiary/aromatic N) is 2. The molecular formula is C25H22N2O4. The standard InChI is InChI=1S/C25H22N2O4/c28-22(19-8-4-10-27-25(19)31-18-6-2-1-3-7-18)16-21-20-15-24-23(29-12-5-13-30-24)14-17(20)9-11-26-21/h1-4,6-8,10,14-15H,5,9,11-13,16H2. The van der Waals surface area contributed by atoms with Crippen LogP contribution in [0.3, 0.4) is 0 Å². The van der Waals surface area contributed by atoms with E-state index in [4.69, 9.17) is 14.2 Å². The Morgan fingerprint density at radius 3 is 2.65 bits per heavy atom. The second-order valence-corrected chi connectivity index (χ2v) is 7.46.